The fourth-order valence-corrected chi connectivity index (χ4v) is 1.39. The van der Waals surface area contributed by atoms with Crippen LogP contribution < -0.4 is 10.5 Å². The third-order valence-electron chi connectivity index (χ3n) is 2.32. The predicted molar refractivity (Wildman–Crippen MR) is 58.4 cm³/mol. The quantitative estimate of drug-likeness (QED) is 0.767. The highest BCUT2D eigenvalue weighted by molar-refractivity contribution is 7.80. The summed E-state index contributed by atoms with van der Waals surface area (Å²) in [6.45, 7) is 0. The highest BCUT2D eigenvalue weighted by Crippen LogP contribution is 2.23. The number of hydrogen-bond donors (Lipinski definition) is 1. The summed E-state index contributed by atoms with van der Waals surface area (Å²) in [5.74, 6) is 0.625. The van der Waals surface area contributed by atoms with Crippen LogP contribution >= 0.6 is 12.2 Å². The van der Waals surface area contributed by atoms with Crippen molar-refractivity contribution in [1.82, 2.24) is 4.98 Å². The molecular weight excluding hydrogens is 196 g/mol. The fourth-order valence-electron chi connectivity index (χ4n) is 1.28. The molecule has 0 spiro atoms. The van der Waals surface area contributed by atoms with Gasteiger partial charge in [0.25, 0.3) is 0 Å². The Morgan fingerprint density at radius 1 is 1.50 bits per heavy atom. The van der Waals surface area contributed by atoms with Gasteiger partial charge < -0.3 is 10.5 Å². The van der Waals surface area contributed by atoms with Crippen LogP contribution in [0.2, 0.25) is 0 Å². The van der Waals surface area contributed by atoms with E-state index in [0.717, 1.165) is 12.8 Å². The Hall–Kier alpha value is -1.16. The lowest BCUT2D eigenvalue weighted by Gasteiger charge is -2.25. The second-order valence-electron chi connectivity index (χ2n) is 3.40. The summed E-state index contributed by atoms with van der Waals surface area (Å²) in [6.07, 6.45) is 3.83. The molecule has 2 N–H and O–H groups in total. The second-order valence-corrected chi connectivity index (χ2v) is 3.84. The highest BCUT2D eigenvalue weighted by atomic mass is 32.1. The van der Waals surface area contributed by atoms with Crippen molar-refractivity contribution in [2.75, 3.05) is 0 Å². The van der Waals surface area contributed by atoms with Crippen LogP contribution in [0.3, 0.4) is 0 Å². The molecule has 0 aromatic carbocycles. The van der Waals surface area contributed by atoms with Gasteiger partial charge in [0.2, 0.25) is 5.88 Å². The SMILES string of the molecule is NC(=S)c1cccc(OC2CCC2)n1. The fraction of sp³-hybridized carbons (Fsp3) is 0.400. The summed E-state index contributed by atoms with van der Waals surface area (Å²) in [5, 5.41) is 0. The van der Waals surface area contributed by atoms with Crippen LogP contribution in [-0.2, 0) is 0 Å². The molecule has 0 amide bonds. The van der Waals surface area contributed by atoms with E-state index in [0.29, 0.717) is 22.7 Å². The Bertz CT molecular complexity index is 350. The van der Waals surface area contributed by atoms with Crippen LogP contribution in [-0.4, -0.2) is 16.1 Å². The maximum absolute atomic E-state index is 5.61. The van der Waals surface area contributed by atoms with E-state index < -0.39 is 0 Å². The number of pyridine rings is 1. The van der Waals surface area contributed by atoms with Gasteiger partial charge in [-0.25, -0.2) is 4.98 Å². The van der Waals surface area contributed by atoms with E-state index >= 15 is 0 Å². The zero-order valence-corrected chi connectivity index (χ0v) is 8.59. The van der Waals surface area contributed by atoms with E-state index in [1.807, 2.05) is 12.1 Å². The van der Waals surface area contributed by atoms with Crippen molar-refractivity contribution >= 4 is 17.2 Å². The van der Waals surface area contributed by atoms with Gasteiger partial charge in [0.05, 0.1) is 0 Å². The van der Waals surface area contributed by atoms with Crippen molar-refractivity contribution in [3.8, 4) is 5.88 Å². The van der Waals surface area contributed by atoms with Gasteiger partial charge in [-0.1, -0.05) is 18.3 Å². The number of nitrogens with two attached hydrogens (primary N) is 1. The molecule has 1 aliphatic rings. The van der Waals surface area contributed by atoms with Crippen molar-refractivity contribution in [3.05, 3.63) is 23.9 Å². The normalized spacial score (nSPS) is 16.0. The number of rotatable bonds is 3. The molecule has 0 aliphatic heterocycles. The minimum absolute atomic E-state index is 0.309. The van der Waals surface area contributed by atoms with Crippen molar-refractivity contribution in [2.45, 2.75) is 25.4 Å². The van der Waals surface area contributed by atoms with Gasteiger partial charge in [0, 0.05) is 6.07 Å². The maximum Gasteiger partial charge on any atom is 0.214 e. The van der Waals surface area contributed by atoms with Crippen LogP contribution in [0.15, 0.2) is 18.2 Å². The Kier molecular flexibility index (Phi) is 2.63. The number of hydrogen-bond acceptors (Lipinski definition) is 3. The van der Waals surface area contributed by atoms with E-state index in [1.54, 1.807) is 6.07 Å². The van der Waals surface area contributed by atoms with E-state index in [-0.39, 0.29) is 0 Å². The van der Waals surface area contributed by atoms with Gasteiger partial charge in [0.15, 0.2) is 0 Å². The van der Waals surface area contributed by atoms with E-state index in [9.17, 15) is 0 Å². The molecule has 1 aromatic heterocycles. The maximum atomic E-state index is 5.61. The highest BCUT2D eigenvalue weighted by Gasteiger charge is 2.19. The van der Waals surface area contributed by atoms with E-state index in [2.05, 4.69) is 4.98 Å². The van der Waals surface area contributed by atoms with Crippen molar-refractivity contribution in [3.63, 3.8) is 0 Å². The number of ether oxygens (including phenoxy) is 1. The molecule has 3 nitrogen and oxygen atoms in total. The lowest BCUT2D eigenvalue weighted by atomic mass is 9.96. The first-order valence-electron chi connectivity index (χ1n) is 4.69. The van der Waals surface area contributed by atoms with Crippen LogP contribution in [0.1, 0.15) is 25.0 Å². The molecule has 1 fully saturated rings. The van der Waals surface area contributed by atoms with Gasteiger partial charge in [-0.15, -0.1) is 0 Å². The topological polar surface area (TPSA) is 48.1 Å². The second kappa shape index (κ2) is 3.92. The molecule has 14 heavy (non-hydrogen) atoms. The molecule has 0 unspecified atom stereocenters. The molecule has 0 saturated heterocycles. The van der Waals surface area contributed by atoms with Crippen LogP contribution in [0.25, 0.3) is 0 Å². The van der Waals surface area contributed by atoms with Gasteiger partial charge in [-0.3, -0.25) is 0 Å². The van der Waals surface area contributed by atoms with Gasteiger partial charge >= 0.3 is 0 Å². The average molecular weight is 208 g/mol. The summed E-state index contributed by atoms with van der Waals surface area (Å²) >= 11 is 4.84. The van der Waals surface area contributed by atoms with Crippen LogP contribution in [0.4, 0.5) is 0 Å². The molecule has 1 aromatic rings. The Morgan fingerprint density at radius 2 is 2.29 bits per heavy atom. The zero-order chi connectivity index (χ0) is 9.97. The van der Waals surface area contributed by atoms with E-state index in [4.69, 9.17) is 22.7 Å². The molecule has 1 aliphatic carbocycles. The molecule has 0 radical (unpaired) electrons. The lowest BCUT2D eigenvalue weighted by Crippen LogP contribution is -2.25. The molecule has 1 heterocycles. The summed E-state index contributed by atoms with van der Waals surface area (Å²) < 4.78 is 5.61. The first kappa shape index (κ1) is 9.40. The van der Waals surface area contributed by atoms with Crippen LogP contribution in [0, 0.1) is 0 Å². The average Bonchev–Trinajstić information content (AvgIpc) is 2.12. The van der Waals surface area contributed by atoms with Gasteiger partial charge in [0.1, 0.15) is 16.8 Å². The third kappa shape index (κ3) is 2.01. The summed E-state index contributed by atoms with van der Waals surface area (Å²) in [6, 6.07) is 5.48. The first-order chi connectivity index (χ1) is 6.75. The number of nitrogens with zero attached hydrogens (tertiary/aromatic N) is 1. The molecule has 1 saturated carbocycles. The molecule has 2 rings (SSSR count). The minimum atomic E-state index is 0.309. The largest absolute Gasteiger partial charge is 0.474 e. The Labute approximate surface area is 88.3 Å². The van der Waals surface area contributed by atoms with Crippen molar-refractivity contribution in [2.24, 2.45) is 5.73 Å². The van der Waals surface area contributed by atoms with Gasteiger partial charge in [-0.05, 0) is 25.3 Å². The van der Waals surface area contributed by atoms with Gasteiger partial charge in [-0.2, -0.15) is 0 Å². The number of aromatic nitrogens is 1. The summed E-state index contributed by atoms with van der Waals surface area (Å²) in [7, 11) is 0. The Balaban J connectivity index is 2.09. The molecular formula is C10H12N2OS. The third-order valence-corrected chi connectivity index (χ3v) is 2.52. The molecule has 0 atom stereocenters. The first-order valence-corrected chi connectivity index (χ1v) is 5.10. The molecule has 74 valence electrons. The van der Waals surface area contributed by atoms with Crippen molar-refractivity contribution in [1.29, 1.82) is 0 Å². The molecule has 0 bridgehead atoms. The summed E-state index contributed by atoms with van der Waals surface area (Å²) in [5.41, 5.74) is 6.10. The smallest absolute Gasteiger partial charge is 0.214 e. The monoisotopic (exact) mass is 208 g/mol. The predicted octanol–water partition coefficient (Wildman–Crippen LogP) is 1.65. The van der Waals surface area contributed by atoms with Crippen LogP contribution in [0.5, 0.6) is 5.88 Å². The van der Waals surface area contributed by atoms with E-state index in [1.165, 1.54) is 6.42 Å². The minimum Gasteiger partial charge on any atom is -0.474 e. The lowest BCUT2D eigenvalue weighted by molar-refractivity contribution is 0.114. The number of thiocarbonyl (C=S) groups is 1. The Morgan fingerprint density at radius 3 is 2.86 bits per heavy atom. The van der Waals surface area contributed by atoms with Crippen molar-refractivity contribution < 1.29 is 4.74 Å². The standard InChI is InChI=1S/C10H12N2OS/c11-10(14)8-5-2-6-9(12-8)13-7-3-1-4-7/h2,5-7H,1,3-4H2,(H2,11,14). The molecule has 4 heteroatoms. The zero-order valence-electron chi connectivity index (χ0n) is 7.77. The summed E-state index contributed by atoms with van der Waals surface area (Å²) in [4.78, 5) is 4.51.